The van der Waals surface area contributed by atoms with Gasteiger partial charge in [0.15, 0.2) is 0 Å². The second kappa shape index (κ2) is 8.14. The number of carbonyl (C=O) groups excluding carboxylic acids is 1. The van der Waals surface area contributed by atoms with Gasteiger partial charge in [0.1, 0.15) is 0 Å². The smallest absolute Gasteiger partial charge is 0.257 e. The zero-order chi connectivity index (χ0) is 18.5. The summed E-state index contributed by atoms with van der Waals surface area (Å²) in [5.41, 5.74) is 3.51. The van der Waals surface area contributed by atoms with Gasteiger partial charge in [-0.15, -0.1) is 0 Å². The van der Waals surface area contributed by atoms with Crippen molar-refractivity contribution in [2.75, 3.05) is 19.7 Å². The lowest BCUT2D eigenvalue weighted by atomic mass is 10.0. The molecule has 0 bridgehead atoms. The van der Waals surface area contributed by atoms with Gasteiger partial charge in [-0.3, -0.25) is 14.9 Å². The molecule has 6 nitrogen and oxygen atoms in total. The number of aryl methyl sites for hydroxylation is 1. The average Bonchev–Trinajstić information content (AvgIpc) is 3.23. The van der Waals surface area contributed by atoms with Crippen LogP contribution in [-0.2, 0) is 11.2 Å². The number of rotatable bonds is 5. The van der Waals surface area contributed by atoms with E-state index in [1.54, 1.807) is 18.6 Å². The third-order valence-electron chi connectivity index (χ3n) is 4.86. The van der Waals surface area contributed by atoms with Crippen LogP contribution in [0.3, 0.4) is 0 Å². The molecule has 27 heavy (non-hydrogen) atoms. The summed E-state index contributed by atoms with van der Waals surface area (Å²) in [5.74, 6) is -0.0106. The fourth-order valence-corrected chi connectivity index (χ4v) is 3.41. The van der Waals surface area contributed by atoms with Crippen molar-refractivity contribution in [2.45, 2.75) is 18.9 Å². The first kappa shape index (κ1) is 17.4. The maximum Gasteiger partial charge on any atom is 0.257 e. The summed E-state index contributed by atoms with van der Waals surface area (Å²) in [6.07, 6.45) is 6.92. The van der Waals surface area contributed by atoms with Crippen molar-refractivity contribution in [1.29, 1.82) is 0 Å². The molecule has 2 aromatic heterocycles. The number of hydrogen-bond donors (Lipinski definition) is 1. The summed E-state index contributed by atoms with van der Waals surface area (Å²) in [6.45, 7) is 1.77. The first-order valence-electron chi connectivity index (χ1n) is 9.20. The standard InChI is InChI=1S/C21H22N4O2/c26-21(19-14-23-24-20(19)17-8-10-22-11-9-17)25-12-13-27-18(15-25)7-6-16-4-2-1-3-5-16/h1-5,8-11,14,18H,6-7,12-13,15H2,(H,23,24)/t18-/m0/s1. The molecule has 0 radical (unpaired) electrons. The molecule has 1 aliphatic heterocycles. The highest BCUT2D eigenvalue weighted by atomic mass is 16.5. The Morgan fingerprint density at radius 3 is 2.81 bits per heavy atom. The normalized spacial score (nSPS) is 17.0. The fourth-order valence-electron chi connectivity index (χ4n) is 3.41. The quantitative estimate of drug-likeness (QED) is 0.757. The van der Waals surface area contributed by atoms with Crippen LogP contribution < -0.4 is 0 Å². The number of ether oxygens (including phenoxy) is 1. The maximum absolute atomic E-state index is 13.1. The van der Waals surface area contributed by atoms with Gasteiger partial charge in [-0.2, -0.15) is 5.10 Å². The van der Waals surface area contributed by atoms with Crippen LogP contribution in [0.5, 0.6) is 0 Å². The van der Waals surface area contributed by atoms with Gasteiger partial charge in [-0.05, 0) is 30.5 Å². The zero-order valence-electron chi connectivity index (χ0n) is 15.0. The Bertz CT molecular complexity index is 879. The number of nitrogens with zero attached hydrogens (tertiary/aromatic N) is 3. The second-order valence-corrected chi connectivity index (χ2v) is 6.66. The Kier molecular flexibility index (Phi) is 5.25. The number of aromatic nitrogens is 3. The van der Waals surface area contributed by atoms with Crippen LogP contribution in [0.25, 0.3) is 11.3 Å². The van der Waals surface area contributed by atoms with Gasteiger partial charge in [0.25, 0.3) is 5.91 Å². The Morgan fingerprint density at radius 1 is 1.19 bits per heavy atom. The van der Waals surface area contributed by atoms with Gasteiger partial charge in [0.05, 0.1) is 30.2 Å². The topological polar surface area (TPSA) is 71.1 Å². The fraction of sp³-hybridized carbons (Fsp3) is 0.286. The molecule has 0 aliphatic carbocycles. The molecule has 3 aromatic rings. The third kappa shape index (κ3) is 4.06. The minimum Gasteiger partial charge on any atom is -0.375 e. The minimum atomic E-state index is -0.0106. The predicted octanol–water partition coefficient (Wildman–Crippen LogP) is 2.95. The summed E-state index contributed by atoms with van der Waals surface area (Å²) in [5, 5.41) is 7.03. The zero-order valence-corrected chi connectivity index (χ0v) is 15.0. The summed E-state index contributed by atoms with van der Waals surface area (Å²) < 4.78 is 5.89. The van der Waals surface area contributed by atoms with Crippen LogP contribution in [0.15, 0.2) is 61.1 Å². The summed E-state index contributed by atoms with van der Waals surface area (Å²) >= 11 is 0. The Morgan fingerprint density at radius 2 is 2.00 bits per heavy atom. The van der Waals surface area contributed by atoms with Crippen molar-refractivity contribution in [3.63, 3.8) is 0 Å². The molecule has 1 aromatic carbocycles. The van der Waals surface area contributed by atoms with Crippen molar-refractivity contribution in [2.24, 2.45) is 0 Å². The number of nitrogens with one attached hydrogen (secondary N) is 1. The van der Waals surface area contributed by atoms with Crippen molar-refractivity contribution < 1.29 is 9.53 Å². The van der Waals surface area contributed by atoms with Gasteiger partial charge in [-0.1, -0.05) is 30.3 Å². The van der Waals surface area contributed by atoms with E-state index in [1.165, 1.54) is 5.56 Å². The van der Waals surface area contributed by atoms with Crippen molar-refractivity contribution in [3.05, 3.63) is 72.2 Å². The van der Waals surface area contributed by atoms with E-state index in [9.17, 15) is 4.79 Å². The first-order chi connectivity index (χ1) is 13.3. The number of aromatic amines is 1. The van der Waals surface area contributed by atoms with E-state index in [-0.39, 0.29) is 12.0 Å². The lowest BCUT2D eigenvalue weighted by Crippen LogP contribution is -2.45. The highest BCUT2D eigenvalue weighted by Crippen LogP contribution is 2.23. The van der Waals surface area contributed by atoms with E-state index in [2.05, 4.69) is 27.3 Å². The summed E-state index contributed by atoms with van der Waals surface area (Å²) in [6, 6.07) is 14.1. The molecule has 0 saturated carbocycles. The van der Waals surface area contributed by atoms with Crippen molar-refractivity contribution >= 4 is 5.91 Å². The van der Waals surface area contributed by atoms with Crippen LogP contribution in [0.4, 0.5) is 0 Å². The molecule has 1 amide bonds. The molecule has 1 atom stereocenters. The molecule has 1 saturated heterocycles. The van der Waals surface area contributed by atoms with E-state index >= 15 is 0 Å². The number of amides is 1. The number of morpholine rings is 1. The Hall–Kier alpha value is -2.99. The molecular formula is C21H22N4O2. The molecule has 3 heterocycles. The van der Waals surface area contributed by atoms with E-state index < -0.39 is 0 Å². The van der Waals surface area contributed by atoms with E-state index in [0.29, 0.717) is 25.3 Å². The molecule has 4 rings (SSSR count). The van der Waals surface area contributed by atoms with Gasteiger partial charge in [0, 0.05) is 31.0 Å². The van der Waals surface area contributed by atoms with Gasteiger partial charge in [-0.25, -0.2) is 0 Å². The maximum atomic E-state index is 13.1. The van der Waals surface area contributed by atoms with E-state index in [4.69, 9.17) is 4.74 Å². The predicted molar refractivity (Wildman–Crippen MR) is 102 cm³/mol. The summed E-state index contributed by atoms with van der Waals surface area (Å²) in [4.78, 5) is 19.0. The molecule has 1 N–H and O–H groups in total. The summed E-state index contributed by atoms with van der Waals surface area (Å²) in [7, 11) is 0. The lowest BCUT2D eigenvalue weighted by molar-refractivity contribution is -0.0245. The molecule has 1 fully saturated rings. The van der Waals surface area contributed by atoms with Crippen molar-refractivity contribution in [1.82, 2.24) is 20.1 Å². The van der Waals surface area contributed by atoms with Crippen LogP contribution >= 0.6 is 0 Å². The highest BCUT2D eigenvalue weighted by Gasteiger charge is 2.27. The number of H-pyrrole nitrogens is 1. The molecule has 0 spiro atoms. The largest absolute Gasteiger partial charge is 0.375 e. The van der Waals surface area contributed by atoms with Crippen LogP contribution in [0.2, 0.25) is 0 Å². The van der Waals surface area contributed by atoms with Gasteiger partial charge < -0.3 is 9.64 Å². The molecule has 6 heteroatoms. The van der Waals surface area contributed by atoms with Gasteiger partial charge >= 0.3 is 0 Å². The highest BCUT2D eigenvalue weighted by molar-refractivity contribution is 5.99. The monoisotopic (exact) mass is 362 g/mol. The molecular weight excluding hydrogens is 340 g/mol. The first-order valence-corrected chi connectivity index (χ1v) is 9.20. The van der Waals surface area contributed by atoms with Crippen LogP contribution in [0, 0.1) is 0 Å². The van der Waals surface area contributed by atoms with Crippen LogP contribution in [-0.4, -0.2) is 51.8 Å². The Labute approximate surface area is 158 Å². The minimum absolute atomic E-state index is 0.0106. The number of carbonyl (C=O) groups is 1. The second-order valence-electron chi connectivity index (χ2n) is 6.66. The van der Waals surface area contributed by atoms with Crippen LogP contribution in [0.1, 0.15) is 22.3 Å². The SMILES string of the molecule is O=C(c1cn[nH]c1-c1ccncc1)N1CCO[C@@H](CCc2ccccc2)C1. The third-order valence-corrected chi connectivity index (χ3v) is 4.86. The van der Waals surface area contributed by atoms with E-state index in [1.807, 2.05) is 35.2 Å². The van der Waals surface area contributed by atoms with Gasteiger partial charge in [0.2, 0.25) is 0 Å². The molecule has 1 aliphatic rings. The average molecular weight is 362 g/mol. The number of benzene rings is 1. The number of pyridine rings is 1. The van der Waals surface area contributed by atoms with E-state index in [0.717, 1.165) is 24.1 Å². The Balaban J connectivity index is 1.43. The lowest BCUT2D eigenvalue weighted by Gasteiger charge is -2.33. The number of hydrogen-bond acceptors (Lipinski definition) is 4. The molecule has 0 unspecified atom stereocenters. The molecule has 138 valence electrons. The van der Waals surface area contributed by atoms with Crippen molar-refractivity contribution in [3.8, 4) is 11.3 Å².